The molecule has 2 aromatic carbocycles. The first-order chi connectivity index (χ1) is 14.0. The lowest BCUT2D eigenvalue weighted by Crippen LogP contribution is -2.42. The molecule has 6 nitrogen and oxygen atoms in total. The van der Waals surface area contributed by atoms with Crippen molar-refractivity contribution in [1.82, 2.24) is 4.90 Å². The maximum absolute atomic E-state index is 13.3. The minimum absolute atomic E-state index is 0.121. The Hall–Kier alpha value is -2.99. The third-order valence-corrected chi connectivity index (χ3v) is 5.80. The first-order valence-electron chi connectivity index (χ1n) is 10.1. The van der Waals surface area contributed by atoms with Gasteiger partial charge in [-0.15, -0.1) is 0 Å². The molecule has 2 N–H and O–H groups in total. The van der Waals surface area contributed by atoms with Gasteiger partial charge in [-0.1, -0.05) is 24.3 Å². The van der Waals surface area contributed by atoms with Crippen molar-refractivity contribution in [3.05, 3.63) is 64.2 Å². The van der Waals surface area contributed by atoms with E-state index in [9.17, 15) is 19.5 Å². The molecule has 1 aliphatic heterocycles. The van der Waals surface area contributed by atoms with E-state index in [0.29, 0.717) is 28.9 Å². The highest BCUT2D eigenvalue weighted by molar-refractivity contribution is 6.31. The van der Waals surface area contributed by atoms with Gasteiger partial charge in [-0.05, 0) is 38.3 Å². The normalized spacial score (nSPS) is 18.3. The Morgan fingerprint density at radius 3 is 2.48 bits per heavy atom. The average Bonchev–Trinajstić information content (AvgIpc) is 2.75. The topological polar surface area (TPSA) is 86.7 Å². The smallest absolute Gasteiger partial charge is 0.256 e. The van der Waals surface area contributed by atoms with Gasteiger partial charge >= 0.3 is 0 Å². The van der Waals surface area contributed by atoms with Crippen LogP contribution in [0.15, 0.2) is 36.4 Å². The summed E-state index contributed by atoms with van der Waals surface area (Å²) in [5, 5.41) is 12.4. The van der Waals surface area contributed by atoms with Crippen LogP contribution in [0, 0.1) is 0 Å². The van der Waals surface area contributed by atoms with Gasteiger partial charge in [-0.2, -0.15) is 0 Å². The summed E-state index contributed by atoms with van der Waals surface area (Å²) in [6.45, 7) is 2.72. The molecule has 0 aromatic heterocycles. The molecule has 1 fully saturated rings. The van der Waals surface area contributed by atoms with Gasteiger partial charge in [0.2, 0.25) is 0 Å². The van der Waals surface area contributed by atoms with Crippen LogP contribution in [-0.4, -0.2) is 53.2 Å². The lowest BCUT2D eigenvalue weighted by atomic mass is 9.82. The Kier molecular flexibility index (Phi) is 5.20. The van der Waals surface area contributed by atoms with Crippen molar-refractivity contribution in [3.8, 4) is 0 Å². The van der Waals surface area contributed by atoms with E-state index in [1.165, 1.54) is 0 Å². The second-order valence-corrected chi connectivity index (χ2v) is 7.61. The monoisotopic (exact) mass is 392 g/mol. The molecular weight excluding hydrogens is 368 g/mol. The molecule has 0 saturated carbocycles. The number of ketones is 2. The summed E-state index contributed by atoms with van der Waals surface area (Å²) in [6.07, 6.45) is 2.99. The van der Waals surface area contributed by atoms with Crippen molar-refractivity contribution >= 4 is 23.2 Å². The first-order valence-corrected chi connectivity index (χ1v) is 10.1. The van der Waals surface area contributed by atoms with Gasteiger partial charge < -0.3 is 15.3 Å². The highest BCUT2D eigenvalue weighted by Crippen LogP contribution is 2.35. The Labute approximate surface area is 169 Å². The lowest BCUT2D eigenvalue weighted by molar-refractivity contribution is 0.0636. The van der Waals surface area contributed by atoms with E-state index in [-0.39, 0.29) is 47.8 Å². The van der Waals surface area contributed by atoms with E-state index in [1.807, 2.05) is 11.8 Å². The van der Waals surface area contributed by atoms with Gasteiger partial charge in [-0.25, -0.2) is 0 Å². The lowest BCUT2D eigenvalue weighted by Gasteiger charge is -2.34. The van der Waals surface area contributed by atoms with Gasteiger partial charge in [0.15, 0.2) is 11.6 Å². The van der Waals surface area contributed by atoms with Crippen molar-refractivity contribution in [1.29, 1.82) is 0 Å². The number of hydrogen-bond donors (Lipinski definition) is 2. The van der Waals surface area contributed by atoms with E-state index >= 15 is 0 Å². The van der Waals surface area contributed by atoms with Gasteiger partial charge in [0.1, 0.15) is 0 Å². The second kappa shape index (κ2) is 7.79. The number of benzene rings is 2. The van der Waals surface area contributed by atoms with E-state index in [2.05, 4.69) is 5.32 Å². The second-order valence-electron chi connectivity index (χ2n) is 7.61. The Morgan fingerprint density at radius 2 is 1.79 bits per heavy atom. The third kappa shape index (κ3) is 3.23. The number of aliphatic hydroxyl groups excluding tert-OH is 1. The fourth-order valence-electron chi connectivity index (χ4n) is 4.28. The van der Waals surface area contributed by atoms with Crippen LogP contribution in [0.3, 0.4) is 0 Å². The molecular formula is C23H24N2O4. The first kappa shape index (κ1) is 19.3. The third-order valence-electron chi connectivity index (χ3n) is 5.80. The van der Waals surface area contributed by atoms with E-state index in [1.54, 1.807) is 36.4 Å². The molecule has 0 radical (unpaired) electrons. The predicted octanol–water partition coefficient (Wildman–Crippen LogP) is 2.88. The number of aliphatic hydroxyl groups is 1. The Morgan fingerprint density at radius 1 is 1.07 bits per heavy atom. The number of carbonyl (C=O) groups is 3. The number of amides is 1. The summed E-state index contributed by atoms with van der Waals surface area (Å²) in [6, 6.07) is 10.1. The average molecular weight is 392 g/mol. The minimum Gasteiger partial charge on any atom is -0.395 e. The van der Waals surface area contributed by atoms with Gasteiger partial charge in [0, 0.05) is 35.8 Å². The van der Waals surface area contributed by atoms with Crippen LogP contribution in [0.1, 0.15) is 68.4 Å². The molecule has 0 spiro atoms. The summed E-state index contributed by atoms with van der Waals surface area (Å²) in [5.74, 6) is -0.663. The van der Waals surface area contributed by atoms with Gasteiger partial charge in [-0.3, -0.25) is 14.4 Å². The molecule has 1 heterocycles. The van der Waals surface area contributed by atoms with E-state index in [4.69, 9.17) is 0 Å². The highest BCUT2D eigenvalue weighted by atomic mass is 16.3. The van der Waals surface area contributed by atoms with Crippen molar-refractivity contribution in [2.45, 2.75) is 32.2 Å². The van der Waals surface area contributed by atoms with Crippen LogP contribution < -0.4 is 5.32 Å². The zero-order chi connectivity index (χ0) is 20.5. The zero-order valence-electron chi connectivity index (χ0n) is 16.4. The van der Waals surface area contributed by atoms with Crippen LogP contribution in [0.2, 0.25) is 0 Å². The molecule has 2 aliphatic rings. The molecule has 2 aromatic rings. The number of hydrogen-bond acceptors (Lipinski definition) is 5. The van der Waals surface area contributed by atoms with Crippen LogP contribution in [0.25, 0.3) is 0 Å². The zero-order valence-corrected chi connectivity index (χ0v) is 16.4. The van der Waals surface area contributed by atoms with Crippen LogP contribution in [0.5, 0.6) is 0 Å². The van der Waals surface area contributed by atoms with Crippen LogP contribution in [0.4, 0.5) is 5.69 Å². The van der Waals surface area contributed by atoms with Crippen molar-refractivity contribution in [2.75, 3.05) is 25.0 Å². The number of nitrogens with zero attached hydrogens (tertiary/aromatic N) is 1. The summed E-state index contributed by atoms with van der Waals surface area (Å²) in [4.78, 5) is 41.4. The van der Waals surface area contributed by atoms with E-state index in [0.717, 1.165) is 19.3 Å². The number of piperidine rings is 1. The quantitative estimate of drug-likeness (QED) is 0.713. The van der Waals surface area contributed by atoms with Gasteiger partial charge in [0.25, 0.3) is 5.91 Å². The largest absolute Gasteiger partial charge is 0.395 e. The molecule has 1 aliphatic carbocycles. The molecule has 1 saturated heterocycles. The SMILES string of the molecule is C[C@H]1CCCCN1C(=O)c1ccc2c(c1NCCO)C(=O)c1ccccc1C2=O. The molecule has 29 heavy (non-hydrogen) atoms. The summed E-state index contributed by atoms with van der Waals surface area (Å²) >= 11 is 0. The maximum atomic E-state index is 13.3. The number of nitrogens with one attached hydrogen (secondary N) is 1. The molecule has 1 amide bonds. The van der Waals surface area contributed by atoms with Crippen molar-refractivity contribution in [2.24, 2.45) is 0 Å². The van der Waals surface area contributed by atoms with Crippen molar-refractivity contribution in [3.63, 3.8) is 0 Å². The molecule has 6 heteroatoms. The molecule has 150 valence electrons. The van der Waals surface area contributed by atoms with Crippen molar-refractivity contribution < 1.29 is 19.5 Å². The molecule has 0 unspecified atom stereocenters. The van der Waals surface area contributed by atoms with E-state index < -0.39 is 0 Å². The summed E-state index contributed by atoms with van der Waals surface area (Å²) < 4.78 is 0. The number of fused-ring (bicyclic) bond motifs is 2. The number of rotatable bonds is 4. The Bertz CT molecular complexity index is 998. The fourth-order valence-corrected chi connectivity index (χ4v) is 4.28. The predicted molar refractivity (Wildman–Crippen MR) is 110 cm³/mol. The summed E-state index contributed by atoms with van der Waals surface area (Å²) in [7, 11) is 0. The highest BCUT2D eigenvalue weighted by Gasteiger charge is 2.35. The maximum Gasteiger partial charge on any atom is 0.256 e. The van der Waals surface area contributed by atoms with Crippen LogP contribution in [-0.2, 0) is 0 Å². The standard InChI is InChI=1S/C23H24N2O4/c1-14-6-4-5-12-25(14)23(29)18-10-9-17-19(20(18)24-11-13-26)22(28)16-8-3-2-7-15(16)21(17)27/h2-3,7-10,14,24,26H,4-6,11-13H2,1H3/t14-/m0/s1. The number of carbonyl (C=O) groups excluding carboxylic acids is 3. The van der Waals surface area contributed by atoms with Gasteiger partial charge in [0.05, 0.1) is 23.4 Å². The summed E-state index contributed by atoms with van der Waals surface area (Å²) in [5.41, 5.74) is 1.93. The number of likely N-dealkylation sites (tertiary alicyclic amines) is 1. The minimum atomic E-state index is -0.281. The molecule has 0 bridgehead atoms. The fraction of sp³-hybridized carbons (Fsp3) is 0.348. The molecule has 4 rings (SSSR count). The van der Waals surface area contributed by atoms with Crippen LogP contribution >= 0.6 is 0 Å². The molecule has 1 atom stereocenters. The number of anilines is 1. The Balaban J connectivity index is 1.85.